The Hall–Kier alpha value is 1.21. The highest BCUT2D eigenvalue weighted by Gasteiger charge is 1.87. The van der Waals surface area contributed by atoms with Crippen LogP contribution in [0.15, 0.2) is 0 Å². The zero-order valence-electron chi connectivity index (χ0n) is 4.36. The third-order valence-electron chi connectivity index (χ3n) is 0.589. The maximum absolute atomic E-state index is 2.32. The molecule has 0 aliphatic rings. The maximum atomic E-state index is 2.32. The van der Waals surface area contributed by atoms with Crippen LogP contribution in [0, 0.1) is 0 Å². The molecule has 0 N–H and O–H groups in total. The topological polar surface area (TPSA) is 0 Å². The second-order valence-corrected chi connectivity index (χ2v) is 9.78. The van der Waals surface area contributed by atoms with Gasteiger partial charge in [-0.2, -0.15) is 0 Å². The Morgan fingerprint density at radius 3 is 2.17 bits per heavy atom. The van der Waals surface area contributed by atoms with Crippen LogP contribution in [0.1, 0.15) is 0 Å². The van der Waals surface area contributed by atoms with Crippen molar-refractivity contribution in [3.63, 3.8) is 0 Å². The highest BCUT2D eigenvalue weighted by Crippen LogP contribution is 2.59. The lowest BCUT2D eigenvalue weighted by Crippen LogP contribution is -1.43. The monoisotopic (exact) mass is 140 g/mol. The molecule has 2 unspecified atom stereocenters. The summed E-state index contributed by atoms with van der Waals surface area (Å²) in [5.74, 6) is 0. The van der Waals surface area contributed by atoms with E-state index in [1.807, 2.05) is 11.4 Å². The van der Waals surface area contributed by atoms with Gasteiger partial charge in [-0.1, -0.05) is 8.27 Å². The smallest absolute Gasteiger partial charge is 0.0139 e. The molecule has 0 rings (SSSR count). The molecule has 0 aliphatic heterocycles. The fourth-order valence-corrected chi connectivity index (χ4v) is 2.46. The standard InChI is InChI=1S/C3H10P2S/c1-4-5(2)6-3/h4H,1-3H3. The molecule has 0 fully saturated rings. The summed E-state index contributed by atoms with van der Waals surface area (Å²) < 4.78 is 0. The van der Waals surface area contributed by atoms with Gasteiger partial charge < -0.3 is 0 Å². The van der Waals surface area contributed by atoms with Crippen LogP contribution in [-0.4, -0.2) is 19.6 Å². The molecule has 0 radical (unpaired) electrons. The van der Waals surface area contributed by atoms with Gasteiger partial charge in [0.2, 0.25) is 0 Å². The molecular formula is C3H10P2S. The van der Waals surface area contributed by atoms with Crippen molar-refractivity contribution in [3.8, 4) is 0 Å². The Morgan fingerprint density at radius 2 is 2.17 bits per heavy atom. The summed E-state index contributed by atoms with van der Waals surface area (Å²) in [6.45, 7) is 4.95. The summed E-state index contributed by atoms with van der Waals surface area (Å²) in [4.78, 5) is 0. The summed E-state index contributed by atoms with van der Waals surface area (Å²) in [7, 11) is 1.16. The van der Waals surface area contributed by atoms with Crippen LogP contribution in [0.3, 0.4) is 0 Å². The van der Waals surface area contributed by atoms with Crippen LogP contribution in [-0.2, 0) is 0 Å². The van der Waals surface area contributed by atoms with Crippen molar-refractivity contribution in [1.82, 2.24) is 0 Å². The van der Waals surface area contributed by atoms with Crippen LogP contribution in [0.2, 0.25) is 0 Å². The first-order valence-electron chi connectivity index (χ1n) is 1.76. The Bertz CT molecular complexity index is 28.0. The van der Waals surface area contributed by atoms with Gasteiger partial charge in [0.15, 0.2) is 0 Å². The SMILES string of the molecule is CPP(C)SC. The van der Waals surface area contributed by atoms with E-state index in [4.69, 9.17) is 0 Å². The average Bonchev–Trinajstić information content (AvgIpc) is 1.65. The highest BCUT2D eigenvalue weighted by molar-refractivity contribution is 8.73. The van der Waals surface area contributed by atoms with Gasteiger partial charge >= 0.3 is 0 Å². The predicted octanol–water partition coefficient (Wildman–Crippen LogP) is 2.60. The van der Waals surface area contributed by atoms with Crippen LogP contribution in [0.4, 0.5) is 0 Å². The van der Waals surface area contributed by atoms with E-state index >= 15 is 0 Å². The van der Waals surface area contributed by atoms with E-state index in [2.05, 4.69) is 19.6 Å². The lowest BCUT2D eigenvalue weighted by atomic mass is 12.0. The van der Waals surface area contributed by atoms with E-state index in [9.17, 15) is 0 Å². The van der Waals surface area contributed by atoms with Crippen molar-refractivity contribution < 1.29 is 0 Å². The minimum Gasteiger partial charge on any atom is -0.133 e. The van der Waals surface area contributed by atoms with Gasteiger partial charge in [0.05, 0.1) is 0 Å². The number of hydrogen-bond donors (Lipinski definition) is 0. The van der Waals surface area contributed by atoms with E-state index < -0.39 is 0 Å². The predicted molar refractivity (Wildman–Crippen MR) is 40.6 cm³/mol. The van der Waals surface area contributed by atoms with Gasteiger partial charge in [-0.05, 0) is 26.4 Å². The molecule has 0 bridgehead atoms. The lowest BCUT2D eigenvalue weighted by Gasteiger charge is -1.99. The Kier molecular flexibility index (Phi) is 5.25. The molecule has 0 aromatic heterocycles. The highest BCUT2D eigenvalue weighted by atomic mass is 32.9. The van der Waals surface area contributed by atoms with E-state index in [1.54, 1.807) is 0 Å². The normalized spacial score (nSPS) is 16.5. The summed E-state index contributed by atoms with van der Waals surface area (Å²) in [5.41, 5.74) is 0. The molecule has 38 valence electrons. The first-order valence-corrected chi connectivity index (χ1v) is 7.72. The first-order chi connectivity index (χ1) is 2.81. The van der Waals surface area contributed by atoms with Crippen LogP contribution in [0.25, 0.3) is 0 Å². The molecule has 3 heteroatoms. The van der Waals surface area contributed by atoms with Crippen molar-refractivity contribution in [3.05, 3.63) is 0 Å². The fourth-order valence-electron chi connectivity index (χ4n) is 0.0913. The molecule has 0 saturated heterocycles. The van der Waals surface area contributed by atoms with Crippen molar-refractivity contribution in [1.29, 1.82) is 0 Å². The first kappa shape index (κ1) is 7.21. The molecular weight excluding hydrogens is 130 g/mol. The number of hydrogen-bond acceptors (Lipinski definition) is 1. The van der Waals surface area contributed by atoms with Crippen molar-refractivity contribution in [2.75, 3.05) is 19.6 Å². The molecule has 0 saturated carbocycles. The lowest BCUT2D eigenvalue weighted by molar-refractivity contribution is 2.44. The van der Waals surface area contributed by atoms with Gasteiger partial charge in [-0.3, -0.25) is 0 Å². The molecule has 0 aromatic rings. The summed E-state index contributed by atoms with van der Waals surface area (Å²) in [6, 6.07) is 0. The average molecular weight is 140 g/mol. The van der Waals surface area contributed by atoms with E-state index in [0.717, 1.165) is 8.27 Å². The van der Waals surface area contributed by atoms with Gasteiger partial charge in [-0.15, -0.1) is 11.4 Å². The Morgan fingerprint density at radius 1 is 1.67 bits per heavy atom. The third kappa shape index (κ3) is 3.40. The molecule has 0 nitrogen and oxygen atoms in total. The van der Waals surface area contributed by atoms with Crippen molar-refractivity contribution in [2.45, 2.75) is 0 Å². The Labute approximate surface area is 46.7 Å². The third-order valence-corrected chi connectivity index (χ3v) is 8.59. The maximum Gasteiger partial charge on any atom is -0.0139 e. The zero-order valence-corrected chi connectivity index (χ0v) is 7.07. The van der Waals surface area contributed by atoms with E-state index in [1.165, 1.54) is 0 Å². The van der Waals surface area contributed by atoms with Gasteiger partial charge in [-0.25, -0.2) is 0 Å². The van der Waals surface area contributed by atoms with E-state index in [-0.39, 0.29) is 0 Å². The summed E-state index contributed by atoms with van der Waals surface area (Å²) in [6.07, 6.45) is 2.18. The molecule has 2 atom stereocenters. The Balaban J connectivity index is 2.75. The van der Waals surface area contributed by atoms with Crippen LogP contribution in [0.5, 0.6) is 0 Å². The summed E-state index contributed by atoms with van der Waals surface area (Å²) >= 11 is 2.00. The summed E-state index contributed by atoms with van der Waals surface area (Å²) in [5, 5.41) is 0. The van der Waals surface area contributed by atoms with E-state index in [0.29, 0.717) is 6.81 Å². The minimum absolute atomic E-state index is 0.368. The molecule has 0 amide bonds. The van der Waals surface area contributed by atoms with Gasteiger partial charge in [0, 0.05) is 0 Å². The quantitative estimate of drug-likeness (QED) is 0.531. The molecule has 6 heavy (non-hydrogen) atoms. The second kappa shape index (κ2) is 4.37. The molecule has 0 spiro atoms. The van der Waals surface area contributed by atoms with Crippen molar-refractivity contribution in [2.24, 2.45) is 0 Å². The second-order valence-electron chi connectivity index (χ2n) is 0.904. The molecule has 0 aliphatic carbocycles. The molecule has 0 heterocycles. The fraction of sp³-hybridized carbons (Fsp3) is 1.00. The van der Waals surface area contributed by atoms with Gasteiger partial charge in [0.25, 0.3) is 0 Å². The number of rotatable bonds is 2. The minimum atomic E-state index is 0.368. The molecule has 0 aromatic carbocycles. The van der Waals surface area contributed by atoms with Crippen LogP contribution >= 0.6 is 26.5 Å². The van der Waals surface area contributed by atoms with Gasteiger partial charge in [0.1, 0.15) is 0 Å². The zero-order chi connectivity index (χ0) is 4.99. The van der Waals surface area contributed by atoms with Crippen LogP contribution < -0.4 is 0 Å². The largest absolute Gasteiger partial charge is 0.133 e. The van der Waals surface area contributed by atoms with Crippen molar-refractivity contribution >= 4 is 26.5 Å².